The Morgan fingerprint density at radius 2 is 1.89 bits per heavy atom. The van der Waals surface area contributed by atoms with Crippen molar-refractivity contribution in [2.75, 3.05) is 19.8 Å². The van der Waals surface area contributed by atoms with E-state index in [1.54, 1.807) is 20.8 Å². The molecule has 0 spiro atoms. The van der Waals surface area contributed by atoms with Gasteiger partial charge in [-0.1, -0.05) is 0 Å². The highest BCUT2D eigenvalue weighted by atomic mass is 16.5. The van der Waals surface area contributed by atoms with E-state index < -0.39 is 30.6 Å². The molecule has 1 unspecified atom stereocenters. The number of ether oxygens (including phenoxy) is 1. The van der Waals surface area contributed by atoms with Crippen molar-refractivity contribution >= 4 is 18.0 Å². The van der Waals surface area contributed by atoms with Gasteiger partial charge in [0.15, 0.2) is 6.04 Å². The van der Waals surface area contributed by atoms with E-state index in [2.05, 4.69) is 5.32 Å². The third kappa shape index (κ3) is 6.05. The summed E-state index contributed by atoms with van der Waals surface area (Å²) in [4.78, 5) is 35.0. The van der Waals surface area contributed by atoms with Gasteiger partial charge in [0.05, 0.1) is 13.2 Å². The number of nitrogens with one attached hydrogen (secondary N) is 1. The third-order valence-electron chi connectivity index (χ3n) is 2.27. The molecule has 0 aromatic carbocycles. The van der Waals surface area contributed by atoms with Crippen molar-refractivity contribution in [1.29, 1.82) is 0 Å². The second-order valence-corrected chi connectivity index (χ2v) is 4.05. The highest BCUT2D eigenvalue weighted by Gasteiger charge is 2.25. The van der Waals surface area contributed by atoms with Crippen LogP contribution in [0, 0.1) is 0 Å². The second kappa shape index (κ2) is 8.30. The molecule has 0 rings (SSSR count). The largest absolute Gasteiger partial charge is 0.480 e. The zero-order valence-electron chi connectivity index (χ0n) is 11.3. The van der Waals surface area contributed by atoms with Crippen LogP contribution < -0.4 is 5.32 Å². The Labute approximate surface area is 111 Å². The summed E-state index contributed by atoms with van der Waals surface area (Å²) in [5.41, 5.74) is 0. The number of carbonyl (C=O) groups excluding carboxylic acids is 2. The van der Waals surface area contributed by atoms with Crippen LogP contribution in [0.15, 0.2) is 0 Å². The van der Waals surface area contributed by atoms with Gasteiger partial charge in [0.25, 0.3) is 0 Å². The van der Waals surface area contributed by atoms with Gasteiger partial charge in [-0.05, 0) is 20.8 Å². The predicted octanol–water partition coefficient (Wildman–Crippen LogP) is -0.585. The lowest BCUT2D eigenvalue weighted by atomic mass is 10.3. The SMILES string of the molecule is CCOC(=O)CN(C(=O)NC(CO)C(=O)O)C(C)C. The van der Waals surface area contributed by atoms with E-state index in [-0.39, 0.29) is 19.2 Å². The average molecular weight is 276 g/mol. The van der Waals surface area contributed by atoms with Gasteiger partial charge < -0.3 is 25.2 Å². The molecule has 0 aromatic heterocycles. The number of hydrogen-bond donors (Lipinski definition) is 3. The summed E-state index contributed by atoms with van der Waals surface area (Å²) in [5.74, 6) is -1.93. The van der Waals surface area contributed by atoms with Crippen LogP contribution in [0.2, 0.25) is 0 Å². The quantitative estimate of drug-likeness (QED) is 0.535. The first-order valence-corrected chi connectivity index (χ1v) is 5.89. The maximum atomic E-state index is 11.8. The Morgan fingerprint density at radius 3 is 2.26 bits per heavy atom. The number of esters is 1. The van der Waals surface area contributed by atoms with Crippen LogP contribution in [0.1, 0.15) is 20.8 Å². The van der Waals surface area contributed by atoms with Crippen LogP contribution in [0.5, 0.6) is 0 Å². The van der Waals surface area contributed by atoms with E-state index in [1.165, 1.54) is 0 Å². The van der Waals surface area contributed by atoms with E-state index in [0.29, 0.717) is 0 Å². The summed E-state index contributed by atoms with van der Waals surface area (Å²) >= 11 is 0. The molecule has 0 aliphatic rings. The Morgan fingerprint density at radius 1 is 1.32 bits per heavy atom. The van der Waals surface area contributed by atoms with Crippen LogP contribution >= 0.6 is 0 Å². The molecule has 0 fully saturated rings. The van der Waals surface area contributed by atoms with Crippen LogP contribution in [0.4, 0.5) is 4.79 Å². The lowest BCUT2D eigenvalue weighted by Crippen LogP contribution is -2.52. The summed E-state index contributed by atoms with van der Waals surface area (Å²) in [7, 11) is 0. The molecule has 0 heterocycles. The van der Waals surface area contributed by atoms with Gasteiger partial charge in [-0.25, -0.2) is 9.59 Å². The number of carboxylic acid groups (broad SMARTS) is 1. The molecule has 3 N–H and O–H groups in total. The van der Waals surface area contributed by atoms with Gasteiger partial charge >= 0.3 is 18.0 Å². The molecule has 0 bridgehead atoms. The van der Waals surface area contributed by atoms with Crippen molar-refractivity contribution in [3.8, 4) is 0 Å². The van der Waals surface area contributed by atoms with Gasteiger partial charge in [-0.15, -0.1) is 0 Å². The minimum Gasteiger partial charge on any atom is -0.480 e. The lowest BCUT2D eigenvalue weighted by Gasteiger charge is -2.27. The molecule has 8 nitrogen and oxygen atoms in total. The first-order valence-electron chi connectivity index (χ1n) is 5.89. The predicted molar refractivity (Wildman–Crippen MR) is 65.5 cm³/mol. The molecule has 2 amide bonds. The summed E-state index contributed by atoms with van der Waals surface area (Å²) in [6.07, 6.45) is 0. The Hall–Kier alpha value is -1.83. The molecule has 0 aromatic rings. The number of aliphatic carboxylic acids is 1. The van der Waals surface area contributed by atoms with E-state index in [9.17, 15) is 14.4 Å². The van der Waals surface area contributed by atoms with Crippen molar-refractivity contribution in [3.63, 3.8) is 0 Å². The summed E-state index contributed by atoms with van der Waals surface area (Å²) in [6.45, 7) is 4.17. The number of carboxylic acids is 1. The van der Waals surface area contributed by atoms with Gasteiger partial charge in [-0.2, -0.15) is 0 Å². The molecule has 1 atom stereocenters. The number of nitrogens with zero attached hydrogens (tertiary/aromatic N) is 1. The first kappa shape index (κ1) is 17.2. The number of amides is 2. The van der Waals surface area contributed by atoms with E-state index in [1.807, 2.05) is 0 Å². The Kier molecular flexibility index (Phi) is 7.50. The maximum absolute atomic E-state index is 11.8. The van der Waals surface area contributed by atoms with Crippen molar-refractivity contribution < 1.29 is 29.3 Å². The van der Waals surface area contributed by atoms with E-state index >= 15 is 0 Å². The standard InChI is InChI=1S/C11H20N2O6/c1-4-19-9(15)5-13(7(2)3)11(18)12-8(6-14)10(16)17/h7-8,14H,4-6H2,1-3H3,(H,12,18)(H,16,17). The highest BCUT2D eigenvalue weighted by Crippen LogP contribution is 2.01. The Balaban J connectivity index is 4.66. The number of aliphatic hydroxyl groups is 1. The van der Waals surface area contributed by atoms with Crippen molar-refractivity contribution in [1.82, 2.24) is 10.2 Å². The number of rotatable bonds is 7. The molecule has 0 radical (unpaired) electrons. The monoisotopic (exact) mass is 276 g/mol. The summed E-state index contributed by atoms with van der Waals surface area (Å²) in [6, 6.07) is -2.47. The second-order valence-electron chi connectivity index (χ2n) is 4.05. The normalized spacial score (nSPS) is 11.8. The fourth-order valence-electron chi connectivity index (χ4n) is 1.25. The molecule has 0 aliphatic heterocycles. The number of aliphatic hydroxyl groups excluding tert-OH is 1. The highest BCUT2D eigenvalue weighted by molar-refractivity contribution is 5.85. The van der Waals surface area contributed by atoms with Gasteiger partial charge in [0.2, 0.25) is 0 Å². The average Bonchev–Trinajstić information content (AvgIpc) is 2.32. The molecule has 0 aliphatic carbocycles. The van der Waals surface area contributed by atoms with E-state index in [0.717, 1.165) is 4.90 Å². The van der Waals surface area contributed by atoms with Gasteiger partial charge in [0.1, 0.15) is 6.54 Å². The van der Waals surface area contributed by atoms with Gasteiger partial charge in [0, 0.05) is 6.04 Å². The maximum Gasteiger partial charge on any atom is 0.328 e. The Bertz CT molecular complexity index is 331. The molecule has 0 saturated heterocycles. The zero-order chi connectivity index (χ0) is 15.0. The molecule has 0 saturated carbocycles. The minimum atomic E-state index is -1.41. The van der Waals surface area contributed by atoms with E-state index in [4.69, 9.17) is 14.9 Å². The van der Waals surface area contributed by atoms with Crippen LogP contribution in [0.25, 0.3) is 0 Å². The van der Waals surface area contributed by atoms with Crippen LogP contribution in [0.3, 0.4) is 0 Å². The molecule has 19 heavy (non-hydrogen) atoms. The third-order valence-corrected chi connectivity index (χ3v) is 2.27. The number of urea groups is 1. The number of hydrogen-bond acceptors (Lipinski definition) is 5. The fourth-order valence-corrected chi connectivity index (χ4v) is 1.25. The van der Waals surface area contributed by atoms with Crippen LogP contribution in [-0.4, -0.2) is 64.9 Å². The zero-order valence-corrected chi connectivity index (χ0v) is 11.3. The lowest BCUT2D eigenvalue weighted by molar-refractivity contribution is -0.144. The number of carbonyl (C=O) groups is 3. The summed E-state index contributed by atoms with van der Waals surface area (Å²) in [5, 5.41) is 19.7. The molecule has 8 heteroatoms. The van der Waals surface area contributed by atoms with Crippen molar-refractivity contribution in [2.24, 2.45) is 0 Å². The molecule has 110 valence electrons. The minimum absolute atomic E-state index is 0.195. The fraction of sp³-hybridized carbons (Fsp3) is 0.727. The molecular weight excluding hydrogens is 256 g/mol. The van der Waals surface area contributed by atoms with Crippen molar-refractivity contribution in [3.05, 3.63) is 0 Å². The first-order chi connectivity index (χ1) is 8.83. The smallest absolute Gasteiger partial charge is 0.328 e. The van der Waals surface area contributed by atoms with Gasteiger partial charge in [-0.3, -0.25) is 4.79 Å². The molecular formula is C11H20N2O6. The van der Waals surface area contributed by atoms with Crippen molar-refractivity contribution in [2.45, 2.75) is 32.9 Å². The summed E-state index contributed by atoms with van der Waals surface area (Å²) < 4.78 is 4.73. The van der Waals surface area contributed by atoms with Crippen LogP contribution in [-0.2, 0) is 14.3 Å². The topological polar surface area (TPSA) is 116 Å².